The summed E-state index contributed by atoms with van der Waals surface area (Å²) in [6.07, 6.45) is 3.22. The summed E-state index contributed by atoms with van der Waals surface area (Å²) in [6.45, 7) is 13.1. The fourth-order valence-corrected chi connectivity index (χ4v) is 8.76. The zero-order valence-electron chi connectivity index (χ0n) is 61.8. The zero-order valence-corrected chi connectivity index (χ0v) is 68.3. The van der Waals surface area contributed by atoms with Crippen molar-refractivity contribution in [2.24, 2.45) is 23.1 Å². The number of H-pyrrole nitrogens is 1. The first-order chi connectivity index (χ1) is 48.4. The third-order valence-corrected chi connectivity index (χ3v) is 13.8. The van der Waals surface area contributed by atoms with Gasteiger partial charge < -0.3 is 77.5 Å². The zero-order chi connectivity index (χ0) is 79.3. The first-order valence-corrected chi connectivity index (χ1v) is 36.3. The third kappa shape index (κ3) is 40.2. The van der Waals surface area contributed by atoms with E-state index in [4.69, 9.17) is 62.6 Å². The number of methoxy groups -OCH3 is 8. The number of nitrogen functional groups attached to an aromatic ring is 2. The van der Waals surface area contributed by atoms with Crippen LogP contribution < -0.4 is 82.7 Å². The number of ketones is 2. The Kier molecular flexibility index (Phi) is 52.4. The molecule has 0 aliphatic heterocycles. The molecule has 0 saturated heterocycles. The summed E-state index contributed by atoms with van der Waals surface area (Å²) in [5.41, 5.74) is 32.3. The van der Waals surface area contributed by atoms with Gasteiger partial charge in [0.25, 0.3) is 5.56 Å². The third-order valence-electron chi connectivity index (χ3n) is 12.9. The van der Waals surface area contributed by atoms with E-state index in [-0.39, 0.29) is 91.4 Å². The second-order valence-electron chi connectivity index (χ2n) is 20.3. The Bertz CT molecular complexity index is 3870. The van der Waals surface area contributed by atoms with Gasteiger partial charge in [-0.2, -0.15) is 0 Å². The summed E-state index contributed by atoms with van der Waals surface area (Å²) < 4.78 is 58.5. The van der Waals surface area contributed by atoms with Crippen molar-refractivity contribution in [3.05, 3.63) is 155 Å². The quantitative estimate of drug-likeness (QED) is 0.00372. The molecule has 0 aliphatic carbocycles. The molecule has 0 amide bonds. The Morgan fingerprint density at radius 2 is 0.962 bits per heavy atom. The number of nitrogens with zero attached hydrogens (tertiary/aromatic N) is 3. The van der Waals surface area contributed by atoms with Crippen LogP contribution in [0.3, 0.4) is 0 Å². The number of nitrogens with one attached hydrogen (secondary N) is 2. The number of hydrogen-bond donors (Lipinski definition) is 7. The number of guanidine groups is 1. The maximum Gasteiger partial charge on any atom is 1.00 e. The van der Waals surface area contributed by atoms with Crippen LogP contribution in [0.2, 0.25) is 5.15 Å². The van der Waals surface area contributed by atoms with Gasteiger partial charge in [0.05, 0.1) is 98.0 Å². The molecule has 570 valence electrons. The molecule has 0 bridgehead atoms. The van der Waals surface area contributed by atoms with E-state index in [1.807, 2.05) is 13.0 Å². The number of carbonyl (C=O) groups is 8. The number of alkyl halides is 1. The Labute approximate surface area is 655 Å². The van der Waals surface area contributed by atoms with E-state index in [0.29, 0.717) is 97.7 Å². The van der Waals surface area contributed by atoms with Crippen molar-refractivity contribution in [2.45, 2.75) is 92.3 Å². The summed E-state index contributed by atoms with van der Waals surface area (Å²) in [6, 6.07) is 19.9. The van der Waals surface area contributed by atoms with E-state index < -0.39 is 41.0 Å². The molecule has 1 atom stereocenters. The molecule has 12 N–H and O–H groups in total. The number of rotatable bonds is 23. The van der Waals surface area contributed by atoms with E-state index in [1.54, 1.807) is 88.5 Å². The van der Waals surface area contributed by atoms with Crippen molar-refractivity contribution in [3.8, 4) is 23.0 Å². The molecule has 2 aromatic heterocycles. The van der Waals surface area contributed by atoms with Gasteiger partial charge in [0.1, 0.15) is 52.1 Å². The van der Waals surface area contributed by atoms with Crippen LogP contribution in [0.15, 0.2) is 77.6 Å². The molecule has 104 heavy (non-hydrogen) atoms. The number of nitrogens with two attached hydrogens (primary N) is 5. The smallest absolute Gasteiger partial charge is 1.00 e. The number of benzene rings is 4. The minimum Gasteiger partial charge on any atom is -1.00 e. The fraction of sp³-hybridized carbons (Fsp3) is 0.388. The van der Waals surface area contributed by atoms with E-state index in [0.717, 1.165) is 28.8 Å². The molecular formula is C67H91BrCl4N10NaO20P. The molecule has 0 spiro atoms. The van der Waals surface area contributed by atoms with E-state index in [2.05, 4.69) is 107 Å². The van der Waals surface area contributed by atoms with Crippen LogP contribution in [0.1, 0.15) is 142 Å². The van der Waals surface area contributed by atoms with Gasteiger partial charge in [0.15, 0.2) is 5.96 Å². The number of carbonyl (C=O) groups excluding carboxylic acids is 8. The molecule has 37 heteroatoms. The number of halogens is 5. The number of ether oxygens (including phenoxy) is 10. The number of aromatic nitrogens is 4. The molecule has 0 aliphatic rings. The van der Waals surface area contributed by atoms with Crippen molar-refractivity contribution in [3.63, 3.8) is 0 Å². The van der Waals surface area contributed by atoms with Crippen molar-refractivity contribution in [1.29, 1.82) is 5.41 Å². The topological polar surface area (TPSA) is 471 Å². The van der Waals surface area contributed by atoms with Gasteiger partial charge in [-0.25, -0.2) is 34.1 Å². The number of unbranched alkanes of at least 4 members (excludes halogenated alkanes) is 1. The molecular weight excluding hydrogens is 1540 g/mol. The van der Waals surface area contributed by atoms with Crippen LogP contribution in [0.25, 0.3) is 0 Å². The molecule has 0 radical (unpaired) electrons. The molecule has 6 rings (SSSR count). The van der Waals surface area contributed by atoms with Crippen LogP contribution in [0.5, 0.6) is 23.0 Å². The van der Waals surface area contributed by atoms with E-state index >= 15 is 0 Å². The molecule has 4 aromatic carbocycles. The fourth-order valence-electron chi connectivity index (χ4n) is 8.01. The second-order valence-corrected chi connectivity index (χ2v) is 27.9. The Hall–Kier alpha value is -8.10. The summed E-state index contributed by atoms with van der Waals surface area (Å²) in [4.78, 5) is 117. The number of anilines is 2. The summed E-state index contributed by atoms with van der Waals surface area (Å²) in [5, 5.41) is 3.83. The van der Waals surface area contributed by atoms with Gasteiger partial charge in [0.2, 0.25) is 11.9 Å². The van der Waals surface area contributed by atoms with Gasteiger partial charge in [-0.05, 0) is 160 Å². The predicted molar refractivity (Wildman–Crippen MR) is 399 cm³/mol. The molecule has 2 heterocycles. The second kappa shape index (κ2) is 54.5. The van der Waals surface area contributed by atoms with Crippen LogP contribution in [-0.4, -0.2) is 150 Å². The standard InChI is InChI=1S/C16H20O6.C15H16ClN3O3.C15H17N3O4.C10H11BrO3.C6H10O3.C4H11N.CH5N3.Cl3OP.Na.H/c1-5-22-16(19)13(10(2)17)8-11-6-7-12(15(18)21-4)9-14(11)20-3;1-8-11(13(16)19-15(17)18-8)6-9-4-5-10(14(20)22-3)7-12(9)21-2;1-8-11(13(19)18-15(16)17-8)6-9-4-5-10(14(20)22-3)7-12(9)21-2;1-13-9-5-7(10(12)14-2)3-4-8(9)6-11;1-3-9-6(8)4-5(2)7;1-2-3-4-5;2-1(3)4;1-5(2,3)4;;/h6-7,9,13H,5,8H2,1-4H3;4-5,7H,6H2,1-3H3,(H2,17,18,19);4-5,7H,6H2,1-3H3,(H3,16,17,18,19);3-5H,6H2,1-2H3;3-4H2,1-2H3;2-5H2,1H3;(H5,2,3,4);;;/q;;;;;;;;+1;-1. The molecule has 30 nitrogen and oxygen atoms in total. The van der Waals surface area contributed by atoms with Gasteiger partial charge >= 0.3 is 70.6 Å². The van der Waals surface area contributed by atoms with Crippen molar-refractivity contribution >= 4 is 132 Å². The Balaban J connectivity index is -0.000000589. The number of Topliss-reactive ketones (excluding diaryl/α,β-unsaturated/α-hetero) is 2. The first-order valence-electron chi connectivity index (χ1n) is 30.4. The summed E-state index contributed by atoms with van der Waals surface area (Å²) in [5.74, 6) is -2.00. The number of aromatic amines is 1. The van der Waals surface area contributed by atoms with Gasteiger partial charge in [0, 0.05) is 40.6 Å². The number of aryl methyl sites for hydroxylation is 2. The normalized spacial score (nSPS) is 10.0. The number of esters is 6. The number of hydrogen-bond acceptors (Lipinski definition) is 27. The Morgan fingerprint density at radius 3 is 1.27 bits per heavy atom. The average Bonchev–Trinajstić information content (AvgIpc) is 0.815. The van der Waals surface area contributed by atoms with E-state index in [1.165, 1.54) is 82.5 Å². The SMILES string of the molecule is CCCCN.CCOC(=O)C(Cc1ccc(C(=O)OC)cc1OC)C(C)=O.CCOC(=O)CC(C)=O.COC(=O)c1ccc(CBr)c(OC)c1.COC(=O)c1ccc(Cc2c(C)nc(N)[nH]c2=O)c(OC)c1.COC(=O)c1ccc(Cc2c(C)nc(N)nc2Cl)c(OC)c1.N=C(N)N.O=P(Cl)(Cl)Cl.[H-].[Na+]. The Morgan fingerprint density at radius 1 is 0.606 bits per heavy atom. The van der Waals surface area contributed by atoms with Gasteiger partial charge in [-0.3, -0.25) is 38.9 Å². The van der Waals surface area contributed by atoms with Crippen LogP contribution in [-0.2, 0) is 76.8 Å². The van der Waals surface area contributed by atoms with Crippen LogP contribution >= 0.6 is 66.5 Å². The minimum atomic E-state index is -3.22. The van der Waals surface area contributed by atoms with Crippen LogP contribution in [0, 0.1) is 25.2 Å². The van der Waals surface area contributed by atoms with E-state index in [9.17, 15) is 47.7 Å². The van der Waals surface area contributed by atoms with Crippen LogP contribution in [0.4, 0.5) is 11.9 Å². The summed E-state index contributed by atoms with van der Waals surface area (Å²) in [7, 11) is 11.3. The van der Waals surface area contributed by atoms with Gasteiger partial charge in [-0.15, -0.1) is 0 Å². The first kappa shape index (κ1) is 100. The molecule has 1 unspecified atom stereocenters. The summed E-state index contributed by atoms with van der Waals surface area (Å²) >= 11 is 23.3. The molecule has 0 saturated carbocycles. The van der Waals surface area contributed by atoms with Crippen molar-refractivity contribution < 1.29 is 121 Å². The monoisotopic (exact) mass is 1630 g/mol. The maximum atomic E-state index is 12.0. The van der Waals surface area contributed by atoms with Gasteiger partial charge in [-0.1, -0.05) is 65.1 Å². The maximum absolute atomic E-state index is 12.0. The predicted octanol–water partition coefficient (Wildman–Crippen LogP) is 7.66. The average molecular weight is 1630 g/mol. The van der Waals surface area contributed by atoms with Crippen molar-refractivity contribution in [2.75, 3.05) is 88.1 Å². The molecule has 6 aromatic rings. The largest absolute Gasteiger partial charge is 1.00 e. The van der Waals surface area contributed by atoms with Crippen molar-refractivity contribution in [1.82, 2.24) is 19.9 Å². The minimum absolute atomic E-state index is 0. The molecule has 0 fully saturated rings.